The van der Waals surface area contributed by atoms with Crippen molar-refractivity contribution in [3.05, 3.63) is 89.9 Å². The largest absolute Gasteiger partial charge is 0.495 e. The monoisotopic (exact) mass is 482 g/mol. The van der Waals surface area contributed by atoms with Gasteiger partial charge in [0.15, 0.2) is 5.82 Å². The number of hydrogen-bond donors (Lipinski definition) is 2. The second kappa shape index (κ2) is 9.91. The quantitative estimate of drug-likeness (QED) is 0.394. The maximum atomic E-state index is 13.8. The molecule has 0 unspecified atom stereocenters. The van der Waals surface area contributed by atoms with E-state index in [1.165, 1.54) is 0 Å². The molecule has 9 heteroatoms. The van der Waals surface area contributed by atoms with Gasteiger partial charge in [0.05, 0.1) is 25.0 Å². The van der Waals surface area contributed by atoms with Crippen LogP contribution in [-0.4, -0.2) is 39.4 Å². The molecule has 3 heterocycles. The predicted molar refractivity (Wildman–Crippen MR) is 137 cm³/mol. The van der Waals surface area contributed by atoms with E-state index in [4.69, 9.17) is 19.6 Å². The molecule has 5 rings (SSSR count). The zero-order chi connectivity index (χ0) is 25.1. The van der Waals surface area contributed by atoms with Gasteiger partial charge in [-0.3, -0.25) is 9.78 Å². The van der Waals surface area contributed by atoms with Gasteiger partial charge in [-0.2, -0.15) is 4.98 Å². The molecule has 9 nitrogen and oxygen atoms in total. The molecule has 0 spiro atoms. The molecule has 0 bridgehead atoms. The van der Waals surface area contributed by atoms with Crippen LogP contribution in [0.2, 0.25) is 0 Å². The molecule has 36 heavy (non-hydrogen) atoms. The lowest BCUT2D eigenvalue weighted by molar-refractivity contribution is -0.113. The molecule has 182 valence electrons. The molecule has 0 radical (unpaired) electrons. The summed E-state index contributed by atoms with van der Waals surface area (Å²) >= 11 is 0. The van der Waals surface area contributed by atoms with Crippen LogP contribution >= 0.6 is 0 Å². The summed E-state index contributed by atoms with van der Waals surface area (Å²) in [5, 5.41) is 11.1. The second-order valence-corrected chi connectivity index (χ2v) is 8.14. The topological polar surface area (TPSA) is 103 Å². The highest BCUT2D eigenvalue weighted by atomic mass is 16.5. The van der Waals surface area contributed by atoms with E-state index in [0.29, 0.717) is 46.8 Å². The van der Waals surface area contributed by atoms with E-state index >= 15 is 0 Å². The number of pyridine rings is 1. The third kappa shape index (κ3) is 4.26. The summed E-state index contributed by atoms with van der Waals surface area (Å²) in [6.07, 6.45) is 3.41. The molecule has 1 aliphatic heterocycles. The molecule has 2 aromatic carbocycles. The van der Waals surface area contributed by atoms with E-state index in [1.54, 1.807) is 36.3 Å². The number of hydrogen-bond acceptors (Lipinski definition) is 7. The fraction of sp³-hybridized carbons (Fsp3) is 0.185. The molecule has 4 aromatic rings. The fourth-order valence-corrected chi connectivity index (χ4v) is 4.28. The first-order valence-corrected chi connectivity index (χ1v) is 11.6. The van der Waals surface area contributed by atoms with Crippen molar-refractivity contribution in [3.8, 4) is 22.9 Å². The predicted octanol–water partition coefficient (Wildman–Crippen LogP) is 4.68. The van der Waals surface area contributed by atoms with Crippen LogP contribution in [0.5, 0.6) is 11.5 Å². The summed E-state index contributed by atoms with van der Waals surface area (Å²) in [5.41, 5.74) is 3.30. The summed E-state index contributed by atoms with van der Waals surface area (Å²) in [4.78, 5) is 22.7. The van der Waals surface area contributed by atoms with E-state index in [9.17, 15) is 4.79 Å². The van der Waals surface area contributed by atoms with Gasteiger partial charge in [0.2, 0.25) is 5.95 Å². The number of rotatable bonds is 7. The number of allylic oxidation sites excluding steroid dienone is 1. The number of carbonyl (C=O) groups excluding carboxylic acids is 1. The standard InChI is InChI=1S/C27H26N6O3/c1-4-36-21-13-7-5-11-19(21)24-23(26(34)30-20-12-6-8-14-22(20)35-3)17(2)29-27-31-25(32-33(24)27)18-10-9-15-28-16-18/h5-16,24H,4H2,1-3H3,(H,30,34)(H,29,31,32)/t24-/m1/s1. The average Bonchev–Trinajstić information content (AvgIpc) is 3.33. The lowest BCUT2D eigenvalue weighted by Crippen LogP contribution is -2.31. The number of methoxy groups -OCH3 is 1. The Morgan fingerprint density at radius 3 is 2.61 bits per heavy atom. The first-order chi connectivity index (χ1) is 17.6. The Balaban J connectivity index is 1.63. The van der Waals surface area contributed by atoms with Crippen LogP contribution in [-0.2, 0) is 4.79 Å². The number of anilines is 2. The van der Waals surface area contributed by atoms with Crippen molar-refractivity contribution in [2.75, 3.05) is 24.4 Å². The van der Waals surface area contributed by atoms with E-state index in [-0.39, 0.29) is 5.91 Å². The van der Waals surface area contributed by atoms with E-state index in [1.807, 2.05) is 62.4 Å². The van der Waals surface area contributed by atoms with Crippen LogP contribution in [0.15, 0.2) is 84.3 Å². The number of aromatic nitrogens is 4. The van der Waals surface area contributed by atoms with Gasteiger partial charge in [-0.05, 0) is 44.2 Å². The van der Waals surface area contributed by atoms with Crippen molar-refractivity contribution in [3.63, 3.8) is 0 Å². The van der Waals surface area contributed by atoms with Crippen LogP contribution in [0.1, 0.15) is 25.5 Å². The summed E-state index contributed by atoms with van der Waals surface area (Å²) < 4.78 is 13.1. The number of nitrogens with one attached hydrogen (secondary N) is 2. The molecular formula is C27H26N6O3. The van der Waals surface area contributed by atoms with Gasteiger partial charge in [-0.1, -0.05) is 30.3 Å². The Morgan fingerprint density at radius 2 is 1.86 bits per heavy atom. The summed E-state index contributed by atoms with van der Waals surface area (Å²) in [6.45, 7) is 4.27. The minimum absolute atomic E-state index is 0.287. The van der Waals surface area contributed by atoms with E-state index in [0.717, 1.165) is 11.1 Å². The fourth-order valence-electron chi connectivity index (χ4n) is 4.28. The molecule has 2 N–H and O–H groups in total. The van der Waals surface area contributed by atoms with Crippen molar-refractivity contribution >= 4 is 17.5 Å². The highest BCUT2D eigenvalue weighted by Crippen LogP contribution is 2.40. The van der Waals surface area contributed by atoms with Gasteiger partial charge in [-0.15, -0.1) is 5.10 Å². The second-order valence-electron chi connectivity index (χ2n) is 8.14. The molecule has 1 atom stereocenters. The van der Waals surface area contributed by atoms with Crippen LogP contribution in [0, 0.1) is 0 Å². The minimum atomic E-state index is -0.586. The zero-order valence-corrected chi connectivity index (χ0v) is 20.2. The molecule has 0 fully saturated rings. The van der Waals surface area contributed by atoms with Crippen LogP contribution in [0.4, 0.5) is 11.6 Å². The lowest BCUT2D eigenvalue weighted by atomic mass is 9.94. The van der Waals surface area contributed by atoms with Crippen molar-refractivity contribution in [1.29, 1.82) is 0 Å². The number of ether oxygens (including phenoxy) is 2. The third-order valence-corrected chi connectivity index (χ3v) is 5.89. The summed E-state index contributed by atoms with van der Waals surface area (Å²) in [5.74, 6) is 1.98. The Hall–Kier alpha value is -4.66. The molecule has 2 aromatic heterocycles. The normalized spacial score (nSPS) is 14.6. The number of para-hydroxylation sites is 3. The van der Waals surface area contributed by atoms with Gasteiger partial charge >= 0.3 is 0 Å². The van der Waals surface area contributed by atoms with Crippen LogP contribution in [0.25, 0.3) is 11.4 Å². The van der Waals surface area contributed by atoms with Gasteiger partial charge in [0, 0.05) is 29.2 Å². The van der Waals surface area contributed by atoms with Crippen molar-refractivity contribution in [1.82, 2.24) is 19.7 Å². The number of amides is 1. The Bertz CT molecular complexity index is 1430. The number of fused-ring (bicyclic) bond motifs is 1. The third-order valence-electron chi connectivity index (χ3n) is 5.89. The number of benzene rings is 2. The average molecular weight is 483 g/mol. The zero-order valence-electron chi connectivity index (χ0n) is 20.2. The Labute approximate surface area is 208 Å². The molecule has 0 saturated heterocycles. The molecule has 1 amide bonds. The summed E-state index contributed by atoms with van der Waals surface area (Å²) in [6, 6.07) is 18.1. The van der Waals surface area contributed by atoms with Gasteiger partial charge < -0.3 is 20.1 Å². The SMILES string of the molecule is CCOc1ccccc1[C@@H]1C(C(=O)Nc2ccccc2OC)=C(C)Nc2nc(-c3cccnc3)nn21. The number of carbonyl (C=O) groups is 1. The van der Waals surface area contributed by atoms with E-state index in [2.05, 4.69) is 15.6 Å². The summed E-state index contributed by atoms with van der Waals surface area (Å²) in [7, 11) is 1.57. The minimum Gasteiger partial charge on any atom is -0.495 e. The highest BCUT2D eigenvalue weighted by molar-refractivity contribution is 6.06. The van der Waals surface area contributed by atoms with Gasteiger partial charge in [0.1, 0.15) is 17.5 Å². The van der Waals surface area contributed by atoms with Crippen molar-refractivity contribution in [2.24, 2.45) is 0 Å². The van der Waals surface area contributed by atoms with Crippen LogP contribution < -0.4 is 20.1 Å². The lowest BCUT2D eigenvalue weighted by Gasteiger charge is -2.29. The molecular weight excluding hydrogens is 456 g/mol. The first-order valence-electron chi connectivity index (χ1n) is 11.6. The maximum absolute atomic E-state index is 13.8. The van der Waals surface area contributed by atoms with Gasteiger partial charge in [-0.25, -0.2) is 4.68 Å². The molecule has 1 aliphatic rings. The van der Waals surface area contributed by atoms with Crippen molar-refractivity contribution in [2.45, 2.75) is 19.9 Å². The smallest absolute Gasteiger partial charge is 0.255 e. The Morgan fingerprint density at radius 1 is 1.08 bits per heavy atom. The first kappa shape index (κ1) is 23.1. The van der Waals surface area contributed by atoms with Gasteiger partial charge in [0.25, 0.3) is 5.91 Å². The number of nitrogens with zero attached hydrogens (tertiary/aromatic N) is 4. The van der Waals surface area contributed by atoms with Crippen molar-refractivity contribution < 1.29 is 14.3 Å². The van der Waals surface area contributed by atoms with Crippen LogP contribution in [0.3, 0.4) is 0 Å². The maximum Gasteiger partial charge on any atom is 0.255 e. The van der Waals surface area contributed by atoms with E-state index < -0.39 is 6.04 Å². The molecule has 0 saturated carbocycles. The Kier molecular flexibility index (Phi) is 6.36. The molecule has 0 aliphatic carbocycles. The highest BCUT2D eigenvalue weighted by Gasteiger charge is 2.36.